The number of esters is 2. The van der Waals surface area contributed by atoms with E-state index in [1.165, 1.54) is 7.11 Å². The predicted octanol–water partition coefficient (Wildman–Crippen LogP) is 0.838. The van der Waals surface area contributed by atoms with Gasteiger partial charge in [-0.3, -0.25) is 9.69 Å². The summed E-state index contributed by atoms with van der Waals surface area (Å²) in [5, 5.41) is 10.4. The third-order valence-electron chi connectivity index (χ3n) is 5.00. The van der Waals surface area contributed by atoms with Gasteiger partial charge in [-0.1, -0.05) is 18.2 Å². The topological polar surface area (TPSA) is 76.1 Å². The minimum absolute atomic E-state index is 0.0751. The number of benzene rings is 1. The fraction of sp³-hybridized carbons (Fsp3) is 0.529. The highest BCUT2D eigenvalue weighted by atomic mass is 16.6. The van der Waals surface area contributed by atoms with Gasteiger partial charge in [0.25, 0.3) is 0 Å². The summed E-state index contributed by atoms with van der Waals surface area (Å²) >= 11 is 0. The summed E-state index contributed by atoms with van der Waals surface area (Å²) in [5.41, 5.74) is 0.424. The molecule has 1 saturated carbocycles. The lowest BCUT2D eigenvalue weighted by Gasteiger charge is -2.47. The first-order chi connectivity index (χ1) is 11.0. The van der Waals surface area contributed by atoms with Crippen LogP contribution in [0.5, 0.6) is 0 Å². The number of carbonyl (C=O) groups is 2. The monoisotopic (exact) mass is 319 g/mol. The van der Waals surface area contributed by atoms with E-state index >= 15 is 0 Å². The second kappa shape index (κ2) is 6.29. The molecule has 5 atom stereocenters. The van der Waals surface area contributed by atoms with E-state index in [0.717, 1.165) is 6.42 Å². The maximum atomic E-state index is 12.4. The molecule has 1 aromatic rings. The molecule has 124 valence electrons. The van der Waals surface area contributed by atoms with Gasteiger partial charge in [-0.05, 0) is 32.0 Å². The van der Waals surface area contributed by atoms with Crippen LogP contribution in [0.2, 0.25) is 0 Å². The summed E-state index contributed by atoms with van der Waals surface area (Å²) in [6.07, 6.45) is -0.315. The van der Waals surface area contributed by atoms with E-state index in [9.17, 15) is 14.7 Å². The third-order valence-corrected chi connectivity index (χ3v) is 5.00. The number of likely N-dealkylation sites (N-methyl/N-ethyl adjacent to an activating group) is 1. The second-order valence-corrected chi connectivity index (χ2v) is 6.21. The van der Waals surface area contributed by atoms with Crippen molar-refractivity contribution in [3.8, 4) is 0 Å². The van der Waals surface area contributed by atoms with Gasteiger partial charge < -0.3 is 14.6 Å². The highest BCUT2D eigenvalue weighted by Gasteiger charge is 2.54. The van der Waals surface area contributed by atoms with Crippen LogP contribution >= 0.6 is 0 Å². The van der Waals surface area contributed by atoms with Crippen molar-refractivity contribution in [2.45, 2.75) is 37.1 Å². The van der Waals surface area contributed by atoms with E-state index in [-0.39, 0.29) is 12.1 Å². The van der Waals surface area contributed by atoms with Gasteiger partial charge in [0, 0.05) is 12.1 Å². The fourth-order valence-electron chi connectivity index (χ4n) is 3.60. The molecule has 0 radical (unpaired) electrons. The van der Waals surface area contributed by atoms with Crippen LogP contribution in [0.3, 0.4) is 0 Å². The summed E-state index contributed by atoms with van der Waals surface area (Å²) in [6.45, 7) is 0. The Bertz CT molecular complexity index is 590. The Labute approximate surface area is 135 Å². The van der Waals surface area contributed by atoms with Gasteiger partial charge in [0.05, 0.1) is 18.8 Å². The number of hydrogen-bond acceptors (Lipinski definition) is 6. The Balaban J connectivity index is 1.85. The standard InChI is InChI=1S/C17H21NO5/c1-18-11-8-12(18)15(14(13(19)9-11)17(21)22-2)23-16(20)10-6-4-3-5-7-10/h3-7,11-15,19H,8-9H2,1-2H3/t11-,12+,13-,14-,15?/m1/s1. The molecular formula is C17H21NO5. The zero-order valence-corrected chi connectivity index (χ0v) is 13.2. The minimum atomic E-state index is -0.879. The quantitative estimate of drug-likeness (QED) is 0.832. The largest absolute Gasteiger partial charge is 0.469 e. The second-order valence-electron chi connectivity index (χ2n) is 6.21. The number of aliphatic hydroxyl groups is 1. The summed E-state index contributed by atoms with van der Waals surface area (Å²) in [7, 11) is 3.21. The van der Waals surface area contributed by atoms with E-state index in [4.69, 9.17) is 9.47 Å². The SMILES string of the molecule is COC(=O)[C@H]1C(OC(=O)c2ccccc2)[C@@H]2C[C@H](C[C@H]1O)N2C. The van der Waals surface area contributed by atoms with Crippen LogP contribution < -0.4 is 0 Å². The number of methoxy groups -OCH3 is 1. The summed E-state index contributed by atoms with van der Waals surface area (Å²) in [6, 6.07) is 8.78. The van der Waals surface area contributed by atoms with Crippen molar-refractivity contribution in [2.75, 3.05) is 14.2 Å². The molecule has 1 aliphatic carbocycles. The average molecular weight is 319 g/mol. The summed E-state index contributed by atoms with van der Waals surface area (Å²) < 4.78 is 10.5. The van der Waals surface area contributed by atoms with Crippen molar-refractivity contribution in [3.63, 3.8) is 0 Å². The van der Waals surface area contributed by atoms with Crippen LogP contribution in [0.4, 0.5) is 0 Å². The maximum absolute atomic E-state index is 12.4. The van der Waals surface area contributed by atoms with Crippen molar-refractivity contribution in [1.82, 2.24) is 4.90 Å². The molecular weight excluding hydrogens is 298 g/mol. The van der Waals surface area contributed by atoms with Crippen LogP contribution in [-0.4, -0.2) is 60.4 Å². The smallest absolute Gasteiger partial charge is 0.338 e. The molecule has 2 saturated heterocycles. The first-order valence-corrected chi connectivity index (χ1v) is 7.76. The first-order valence-electron chi connectivity index (χ1n) is 7.76. The molecule has 1 aromatic carbocycles. The van der Waals surface area contributed by atoms with Crippen molar-refractivity contribution < 1.29 is 24.2 Å². The molecule has 3 aliphatic rings. The minimum Gasteiger partial charge on any atom is -0.469 e. The molecule has 2 aliphatic heterocycles. The lowest BCUT2D eigenvalue weighted by molar-refractivity contribution is -0.157. The normalized spacial score (nSPS) is 33.3. The number of carbonyl (C=O) groups excluding carboxylic acids is 2. The number of nitrogens with zero attached hydrogens (tertiary/aromatic N) is 1. The van der Waals surface area contributed by atoms with Crippen molar-refractivity contribution in [1.29, 1.82) is 0 Å². The molecule has 4 rings (SSSR count). The molecule has 0 aromatic heterocycles. The van der Waals surface area contributed by atoms with Gasteiger partial charge in [0.2, 0.25) is 0 Å². The van der Waals surface area contributed by atoms with Gasteiger partial charge >= 0.3 is 11.9 Å². The Kier molecular flexibility index (Phi) is 4.37. The van der Waals surface area contributed by atoms with E-state index < -0.39 is 30.1 Å². The van der Waals surface area contributed by atoms with E-state index in [0.29, 0.717) is 12.0 Å². The highest BCUT2D eigenvalue weighted by molar-refractivity contribution is 5.89. The molecule has 3 fully saturated rings. The average Bonchev–Trinajstić information content (AvgIpc) is 2.77. The van der Waals surface area contributed by atoms with Crippen LogP contribution in [-0.2, 0) is 14.3 Å². The van der Waals surface area contributed by atoms with Gasteiger partial charge in [0.1, 0.15) is 12.0 Å². The lowest BCUT2D eigenvalue weighted by Crippen LogP contribution is -2.59. The summed E-state index contributed by atoms with van der Waals surface area (Å²) in [5.74, 6) is -1.88. The molecule has 1 unspecified atom stereocenters. The van der Waals surface area contributed by atoms with E-state index in [2.05, 4.69) is 4.90 Å². The van der Waals surface area contributed by atoms with Crippen molar-refractivity contribution in [2.24, 2.45) is 5.92 Å². The fourth-order valence-corrected chi connectivity index (χ4v) is 3.60. The highest BCUT2D eigenvalue weighted by Crippen LogP contribution is 2.40. The van der Waals surface area contributed by atoms with E-state index in [1.54, 1.807) is 24.3 Å². The maximum Gasteiger partial charge on any atom is 0.338 e. The molecule has 0 spiro atoms. The zero-order valence-electron chi connectivity index (χ0n) is 13.2. The van der Waals surface area contributed by atoms with Gasteiger partial charge in [-0.15, -0.1) is 0 Å². The molecule has 2 bridgehead atoms. The van der Waals surface area contributed by atoms with Crippen molar-refractivity contribution in [3.05, 3.63) is 35.9 Å². The van der Waals surface area contributed by atoms with Crippen LogP contribution in [0.25, 0.3) is 0 Å². The summed E-state index contributed by atoms with van der Waals surface area (Å²) in [4.78, 5) is 26.6. The Hall–Kier alpha value is -1.92. The van der Waals surface area contributed by atoms with Gasteiger partial charge in [-0.2, -0.15) is 0 Å². The van der Waals surface area contributed by atoms with Gasteiger partial charge in [-0.25, -0.2) is 4.79 Å². The van der Waals surface area contributed by atoms with E-state index in [1.807, 2.05) is 13.1 Å². The Morgan fingerprint density at radius 2 is 1.91 bits per heavy atom. The molecule has 23 heavy (non-hydrogen) atoms. The Morgan fingerprint density at radius 3 is 2.52 bits per heavy atom. The van der Waals surface area contributed by atoms with Gasteiger partial charge in [0.15, 0.2) is 0 Å². The van der Waals surface area contributed by atoms with Crippen molar-refractivity contribution >= 4 is 11.9 Å². The number of aliphatic hydroxyl groups excluding tert-OH is 1. The number of fused-ring (bicyclic) bond motifs is 3. The molecule has 0 amide bonds. The molecule has 2 heterocycles. The number of hydrogen-bond donors (Lipinski definition) is 1. The predicted molar refractivity (Wildman–Crippen MR) is 81.7 cm³/mol. The van der Waals surface area contributed by atoms with Crippen LogP contribution in [0.1, 0.15) is 23.2 Å². The molecule has 6 nitrogen and oxygen atoms in total. The first kappa shape index (κ1) is 16.0. The van der Waals surface area contributed by atoms with Crippen LogP contribution in [0.15, 0.2) is 30.3 Å². The molecule has 1 N–H and O–H groups in total. The molecule has 6 heteroatoms. The third kappa shape index (κ3) is 2.84. The number of ether oxygens (including phenoxy) is 2. The zero-order chi connectivity index (χ0) is 16.6. The number of rotatable bonds is 3. The van der Waals surface area contributed by atoms with Crippen LogP contribution in [0, 0.1) is 5.92 Å². The lowest BCUT2D eigenvalue weighted by atomic mass is 9.88. The Morgan fingerprint density at radius 1 is 1.22 bits per heavy atom.